The second-order valence-electron chi connectivity index (χ2n) is 5.74. The highest BCUT2D eigenvalue weighted by molar-refractivity contribution is 7.92. The van der Waals surface area contributed by atoms with Crippen molar-refractivity contribution < 1.29 is 13.2 Å². The summed E-state index contributed by atoms with van der Waals surface area (Å²) in [5.41, 5.74) is 1.85. The number of aromatic nitrogens is 2. The third-order valence-electron chi connectivity index (χ3n) is 3.77. The van der Waals surface area contributed by atoms with E-state index in [2.05, 4.69) is 15.5 Å². The third kappa shape index (κ3) is 3.03. The number of rotatable bonds is 4. The van der Waals surface area contributed by atoms with Crippen molar-refractivity contribution in [2.24, 2.45) is 0 Å². The van der Waals surface area contributed by atoms with Crippen molar-refractivity contribution in [2.75, 3.05) is 5.32 Å². The maximum Gasteiger partial charge on any atom is 0.255 e. The molecule has 1 heterocycles. The number of aromatic amines is 1. The van der Waals surface area contributed by atoms with E-state index in [9.17, 15) is 13.2 Å². The number of sulfone groups is 1. The van der Waals surface area contributed by atoms with E-state index in [0.29, 0.717) is 11.3 Å². The molecule has 0 saturated heterocycles. The molecule has 0 aliphatic heterocycles. The van der Waals surface area contributed by atoms with Gasteiger partial charge in [-0.05, 0) is 56.3 Å². The van der Waals surface area contributed by atoms with E-state index in [0.717, 1.165) is 10.9 Å². The average Bonchev–Trinajstić information content (AvgIpc) is 3.02. The van der Waals surface area contributed by atoms with E-state index in [1.165, 1.54) is 24.3 Å². The van der Waals surface area contributed by atoms with Crippen LogP contribution in [0.3, 0.4) is 0 Å². The smallest absolute Gasteiger partial charge is 0.255 e. The second-order valence-corrected chi connectivity index (χ2v) is 8.25. The van der Waals surface area contributed by atoms with Crippen LogP contribution in [0, 0.1) is 0 Å². The predicted octanol–water partition coefficient (Wildman–Crippen LogP) is 3.00. The zero-order valence-electron chi connectivity index (χ0n) is 13.3. The Labute approximate surface area is 139 Å². The van der Waals surface area contributed by atoms with Gasteiger partial charge in [0.25, 0.3) is 5.91 Å². The first-order chi connectivity index (χ1) is 11.4. The van der Waals surface area contributed by atoms with Crippen LogP contribution in [0.1, 0.15) is 24.2 Å². The Morgan fingerprint density at radius 3 is 2.50 bits per heavy atom. The molecule has 3 rings (SSSR count). The summed E-state index contributed by atoms with van der Waals surface area (Å²) in [6.45, 7) is 3.25. The molecule has 0 aliphatic carbocycles. The molecule has 0 fully saturated rings. The van der Waals surface area contributed by atoms with Crippen LogP contribution in [-0.2, 0) is 9.84 Å². The number of anilines is 1. The molecule has 1 aromatic heterocycles. The van der Waals surface area contributed by atoms with E-state index in [-0.39, 0.29) is 10.8 Å². The first-order valence-corrected chi connectivity index (χ1v) is 9.01. The van der Waals surface area contributed by atoms with Crippen LogP contribution in [-0.4, -0.2) is 29.8 Å². The lowest BCUT2D eigenvalue weighted by molar-refractivity contribution is 0.102. The summed E-state index contributed by atoms with van der Waals surface area (Å²) in [5.74, 6) is -0.303. The van der Waals surface area contributed by atoms with Gasteiger partial charge < -0.3 is 5.32 Å². The summed E-state index contributed by atoms with van der Waals surface area (Å²) >= 11 is 0. The van der Waals surface area contributed by atoms with Crippen LogP contribution in [0.25, 0.3) is 10.9 Å². The van der Waals surface area contributed by atoms with Crippen molar-refractivity contribution in [2.45, 2.75) is 24.0 Å². The van der Waals surface area contributed by atoms with Crippen molar-refractivity contribution in [3.05, 3.63) is 54.2 Å². The highest BCUT2D eigenvalue weighted by Gasteiger charge is 2.19. The van der Waals surface area contributed by atoms with Gasteiger partial charge in [-0.1, -0.05) is 0 Å². The molecule has 0 unspecified atom stereocenters. The number of hydrogen-bond donors (Lipinski definition) is 2. The number of amides is 1. The molecule has 3 aromatic rings. The van der Waals surface area contributed by atoms with E-state index in [1.54, 1.807) is 32.2 Å². The molecule has 1 amide bonds. The molecule has 2 aromatic carbocycles. The Hall–Kier alpha value is -2.67. The van der Waals surface area contributed by atoms with Crippen molar-refractivity contribution >= 4 is 32.3 Å². The molecule has 6 nitrogen and oxygen atoms in total. The minimum atomic E-state index is -3.34. The van der Waals surface area contributed by atoms with Gasteiger partial charge in [0.05, 0.1) is 21.9 Å². The number of nitrogens with one attached hydrogen (secondary N) is 2. The second kappa shape index (κ2) is 6.09. The number of benzene rings is 2. The van der Waals surface area contributed by atoms with Crippen molar-refractivity contribution in [3.8, 4) is 0 Å². The minimum Gasteiger partial charge on any atom is -0.322 e. The Balaban J connectivity index is 1.80. The fourth-order valence-electron chi connectivity index (χ4n) is 2.29. The quantitative estimate of drug-likeness (QED) is 0.762. The first kappa shape index (κ1) is 16.2. The zero-order valence-corrected chi connectivity index (χ0v) is 14.1. The molecule has 0 aliphatic rings. The Morgan fingerprint density at radius 2 is 1.83 bits per heavy atom. The monoisotopic (exact) mass is 343 g/mol. The van der Waals surface area contributed by atoms with E-state index in [4.69, 9.17) is 0 Å². The van der Waals surface area contributed by atoms with E-state index < -0.39 is 15.1 Å². The van der Waals surface area contributed by atoms with E-state index in [1.807, 2.05) is 6.07 Å². The molecular weight excluding hydrogens is 326 g/mol. The molecular formula is C17H17N3O3S. The van der Waals surface area contributed by atoms with Crippen LogP contribution < -0.4 is 5.32 Å². The van der Waals surface area contributed by atoms with Gasteiger partial charge in [0.1, 0.15) is 0 Å². The van der Waals surface area contributed by atoms with Gasteiger partial charge in [-0.25, -0.2) is 8.42 Å². The van der Waals surface area contributed by atoms with Gasteiger partial charge >= 0.3 is 0 Å². The Morgan fingerprint density at radius 1 is 1.12 bits per heavy atom. The van der Waals surface area contributed by atoms with Gasteiger partial charge in [-0.2, -0.15) is 5.10 Å². The largest absolute Gasteiger partial charge is 0.322 e. The lowest BCUT2D eigenvalue weighted by atomic mass is 10.2. The molecule has 0 radical (unpaired) electrons. The first-order valence-electron chi connectivity index (χ1n) is 7.46. The summed E-state index contributed by atoms with van der Waals surface area (Å²) in [4.78, 5) is 12.5. The SMILES string of the molecule is CC(C)S(=O)(=O)c1ccc(C(=O)Nc2ccc3cn[nH]c3c2)cc1. The summed E-state index contributed by atoms with van der Waals surface area (Å²) in [7, 11) is -3.34. The number of fused-ring (bicyclic) bond motifs is 1. The van der Waals surface area contributed by atoms with Crippen LogP contribution in [0.5, 0.6) is 0 Å². The molecule has 7 heteroatoms. The summed E-state index contributed by atoms with van der Waals surface area (Å²) in [5, 5.41) is 10.0. The van der Waals surface area contributed by atoms with Crippen LogP contribution in [0.2, 0.25) is 0 Å². The molecule has 0 bridgehead atoms. The number of nitrogens with zero attached hydrogens (tertiary/aromatic N) is 1. The lowest BCUT2D eigenvalue weighted by Crippen LogP contribution is -2.15. The number of hydrogen-bond acceptors (Lipinski definition) is 4. The topological polar surface area (TPSA) is 91.9 Å². The van der Waals surface area contributed by atoms with Crippen molar-refractivity contribution in [1.82, 2.24) is 10.2 Å². The third-order valence-corrected chi connectivity index (χ3v) is 5.94. The maximum atomic E-state index is 12.3. The van der Waals surface area contributed by atoms with Crippen molar-refractivity contribution in [3.63, 3.8) is 0 Å². The van der Waals surface area contributed by atoms with Gasteiger partial charge in [-0.3, -0.25) is 9.89 Å². The maximum absolute atomic E-state index is 12.3. The summed E-state index contributed by atoms with van der Waals surface area (Å²) < 4.78 is 24.2. The van der Waals surface area contributed by atoms with E-state index >= 15 is 0 Å². The lowest BCUT2D eigenvalue weighted by Gasteiger charge is -2.09. The summed E-state index contributed by atoms with van der Waals surface area (Å²) in [6.07, 6.45) is 1.70. The van der Waals surface area contributed by atoms with Crippen molar-refractivity contribution in [1.29, 1.82) is 0 Å². The van der Waals surface area contributed by atoms with Crippen LogP contribution in [0.15, 0.2) is 53.6 Å². The highest BCUT2D eigenvalue weighted by Crippen LogP contribution is 2.19. The minimum absolute atomic E-state index is 0.216. The number of carbonyl (C=O) groups excluding carboxylic acids is 1. The number of H-pyrrole nitrogens is 1. The molecule has 0 saturated carbocycles. The van der Waals surface area contributed by atoms with Gasteiger partial charge in [0, 0.05) is 16.6 Å². The zero-order chi connectivity index (χ0) is 17.3. The summed E-state index contributed by atoms with van der Waals surface area (Å²) in [6, 6.07) is 11.4. The fourth-order valence-corrected chi connectivity index (χ4v) is 3.35. The van der Waals surface area contributed by atoms with Gasteiger partial charge in [-0.15, -0.1) is 0 Å². The molecule has 0 spiro atoms. The highest BCUT2D eigenvalue weighted by atomic mass is 32.2. The van der Waals surface area contributed by atoms with Crippen LogP contribution in [0.4, 0.5) is 5.69 Å². The fraction of sp³-hybridized carbons (Fsp3) is 0.176. The molecule has 0 atom stereocenters. The normalized spacial score (nSPS) is 11.8. The van der Waals surface area contributed by atoms with Crippen LogP contribution >= 0.6 is 0 Å². The number of carbonyl (C=O) groups is 1. The molecule has 124 valence electrons. The molecule has 2 N–H and O–H groups in total. The van der Waals surface area contributed by atoms with Gasteiger partial charge in [0.15, 0.2) is 9.84 Å². The predicted molar refractivity (Wildman–Crippen MR) is 92.8 cm³/mol. The molecule has 24 heavy (non-hydrogen) atoms. The average molecular weight is 343 g/mol. The standard InChI is InChI=1S/C17H17N3O3S/c1-11(2)24(22,23)15-7-4-12(5-8-15)17(21)19-14-6-3-13-10-18-20-16(13)9-14/h3-11H,1-2H3,(H,18,20)(H,19,21). The van der Waals surface area contributed by atoms with Gasteiger partial charge in [0.2, 0.25) is 0 Å². The Kier molecular flexibility index (Phi) is 4.11. The Bertz CT molecular complexity index is 989.